The van der Waals surface area contributed by atoms with Crippen molar-refractivity contribution in [3.8, 4) is 0 Å². The number of nitrogens with one attached hydrogen (secondary N) is 2. The maximum Gasteiger partial charge on any atom is 0.257 e. The topological polar surface area (TPSA) is 67.4 Å². The van der Waals surface area contributed by atoms with E-state index in [4.69, 9.17) is 4.74 Å². The number of hydrogen-bond acceptors (Lipinski definition) is 4. The molecule has 0 radical (unpaired) electrons. The van der Waals surface area contributed by atoms with E-state index < -0.39 is 11.8 Å². The fraction of sp³-hybridized carbons (Fsp3) is 0.212. The molecule has 5 nitrogen and oxygen atoms in total. The number of rotatable bonds is 11. The van der Waals surface area contributed by atoms with Crippen molar-refractivity contribution in [1.82, 2.24) is 10.6 Å². The van der Waals surface area contributed by atoms with Crippen molar-refractivity contribution in [2.45, 2.75) is 32.4 Å². The zero-order valence-corrected chi connectivity index (χ0v) is 21.9. The minimum absolute atomic E-state index is 0.0215. The van der Waals surface area contributed by atoms with Crippen LogP contribution < -0.4 is 10.6 Å². The number of carbonyl (C=O) groups excluding carboxylic acids is 2. The maximum absolute atomic E-state index is 12.8. The van der Waals surface area contributed by atoms with Gasteiger partial charge in [0.1, 0.15) is 0 Å². The standard InChI is InChI=1S/C33H34N2O3/c1-24-18-25(2)20-26(19-24)22-38-23-30(34-21-31(36)35-33(37)29-16-10-5-11-17-29)32(27-12-6-3-7-13-27)28-14-8-4-9-15-28/h3-20,30,32,34H,21-23H2,1-2H3,(H,35,36,37). The number of aryl methyl sites for hydroxylation is 2. The monoisotopic (exact) mass is 506 g/mol. The number of imide groups is 1. The van der Waals surface area contributed by atoms with Gasteiger partial charge in [-0.3, -0.25) is 14.9 Å². The van der Waals surface area contributed by atoms with Gasteiger partial charge in [0, 0.05) is 17.5 Å². The molecule has 0 aromatic heterocycles. The first-order valence-electron chi connectivity index (χ1n) is 12.9. The third kappa shape index (κ3) is 7.72. The second-order valence-electron chi connectivity index (χ2n) is 9.54. The lowest BCUT2D eigenvalue weighted by molar-refractivity contribution is -0.119. The van der Waals surface area contributed by atoms with Crippen molar-refractivity contribution < 1.29 is 14.3 Å². The summed E-state index contributed by atoms with van der Waals surface area (Å²) in [4.78, 5) is 25.2. The van der Waals surface area contributed by atoms with Crippen molar-refractivity contribution in [1.29, 1.82) is 0 Å². The second-order valence-corrected chi connectivity index (χ2v) is 9.54. The molecule has 4 rings (SSSR count). The van der Waals surface area contributed by atoms with E-state index in [1.807, 2.05) is 42.5 Å². The van der Waals surface area contributed by atoms with Gasteiger partial charge in [-0.05, 0) is 42.7 Å². The first-order chi connectivity index (χ1) is 18.5. The first-order valence-corrected chi connectivity index (χ1v) is 12.9. The fourth-order valence-corrected chi connectivity index (χ4v) is 4.76. The van der Waals surface area contributed by atoms with E-state index in [1.165, 1.54) is 11.1 Å². The molecule has 1 unspecified atom stereocenters. The molecule has 0 spiro atoms. The Morgan fingerprint density at radius 3 is 1.82 bits per heavy atom. The van der Waals surface area contributed by atoms with Gasteiger partial charge in [-0.2, -0.15) is 0 Å². The molecule has 0 aliphatic rings. The van der Waals surface area contributed by atoms with E-state index in [0.29, 0.717) is 18.8 Å². The van der Waals surface area contributed by atoms with Gasteiger partial charge in [-0.1, -0.05) is 108 Å². The summed E-state index contributed by atoms with van der Waals surface area (Å²) < 4.78 is 6.24. The van der Waals surface area contributed by atoms with Crippen LogP contribution in [0.2, 0.25) is 0 Å². The highest BCUT2D eigenvalue weighted by Crippen LogP contribution is 2.28. The molecule has 2 N–H and O–H groups in total. The Hall–Kier alpha value is -4.06. The van der Waals surface area contributed by atoms with Crippen LogP contribution in [-0.4, -0.2) is 31.0 Å². The molecule has 0 saturated heterocycles. The summed E-state index contributed by atoms with van der Waals surface area (Å²) in [7, 11) is 0. The molecule has 5 heteroatoms. The Morgan fingerprint density at radius 2 is 1.26 bits per heavy atom. The summed E-state index contributed by atoms with van der Waals surface area (Å²) in [5.74, 6) is -0.866. The molecular formula is C33H34N2O3. The van der Waals surface area contributed by atoms with Crippen LogP contribution in [-0.2, 0) is 16.1 Å². The van der Waals surface area contributed by atoms with Gasteiger partial charge in [-0.15, -0.1) is 0 Å². The molecule has 194 valence electrons. The lowest BCUT2D eigenvalue weighted by atomic mass is 9.85. The fourth-order valence-electron chi connectivity index (χ4n) is 4.76. The lowest BCUT2D eigenvalue weighted by Gasteiger charge is -2.29. The summed E-state index contributed by atoms with van der Waals surface area (Å²) >= 11 is 0. The molecule has 4 aromatic carbocycles. The van der Waals surface area contributed by atoms with Gasteiger partial charge in [-0.25, -0.2) is 0 Å². The van der Waals surface area contributed by atoms with Gasteiger partial charge < -0.3 is 10.1 Å². The average molecular weight is 507 g/mol. The normalized spacial score (nSPS) is 11.8. The number of benzene rings is 4. The van der Waals surface area contributed by atoms with Gasteiger partial charge in [0.05, 0.1) is 19.8 Å². The summed E-state index contributed by atoms with van der Waals surface area (Å²) in [5, 5.41) is 5.88. The van der Waals surface area contributed by atoms with Crippen LogP contribution in [0, 0.1) is 13.8 Å². The number of ether oxygens (including phenoxy) is 1. The molecule has 0 aliphatic heterocycles. The molecule has 2 amide bonds. The Balaban J connectivity index is 1.52. The van der Waals surface area contributed by atoms with Crippen LogP contribution in [0.5, 0.6) is 0 Å². The Bertz CT molecular complexity index is 1260. The van der Waals surface area contributed by atoms with Crippen molar-refractivity contribution in [2.24, 2.45) is 0 Å². The highest BCUT2D eigenvalue weighted by Gasteiger charge is 2.26. The zero-order valence-electron chi connectivity index (χ0n) is 21.9. The highest BCUT2D eigenvalue weighted by atomic mass is 16.5. The van der Waals surface area contributed by atoms with Gasteiger partial charge in [0.2, 0.25) is 5.91 Å². The van der Waals surface area contributed by atoms with Crippen molar-refractivity contribution in [3.05, 3.63) is 143 Å². The highest BCUT2D eigenvalue weighted by molar-refractivity contribution is 6.05. The van der Waals surface area contributed by atoms with Gasteiger partial charge in [0.15, 0.2) is 0 Å². The smallest absolute Gasteiger partial charge is 0.257 e. The van der Waals surface area contributed by atoms with E-state index in [9.17, 15) is 9.59 Å². The number of amides is 2. The largest absolute Gasteiger partial charge is 0.375 e. The summed E-state index contributed by atoms with van der Waals surface area (Å²) in [6.07, 6.45) is 0. The van der Waals surface area contributed by atoms with Crippen LogP contribution in [0.25, 0.3) is 0 Å². The molecule has 38 heavy (non-hydrogen) atoms. The zero-order chi connectivity index (χ0) is 26.7. The molecule has 0 heterocycles. The molecule has 0 aliphatic carbocycles. The summed E-state index contributed by atoms with van der Waals surface area (Å²) in [6.45, 7) is 4.98. The number of carbonyl (C=O) groups is 2. The molecule has 0 fully saturated rings. The van der Waals surface area contributed by atoms with Crippen molar-refractivity contribution in [2.75, 3.05) is 13.2 Å². The van der Waals surface area contributed by atoms with Crippen molar-refractivity contribution >= 4 is 11.8 Å². The molecule has 0 bridgehead atoms. The minimum Gasteiger partial charge on any atom is -0.375 e. The Labute approximate surface area is 224 Å². The van der Waals surface area contributed by atoms with Crippen LogP contribution in [0.4, 0.5) is 0 Å². The molecule has 1 atom stereocenters. The predicted octanol–water partition coefficient (Wildman–Crippen LogP) is 5.57. The second kappa shape index (κ2) is 13.5. The minimum atomic E-state index is -0.414. The predicted molar refractivity (Wildman–Crippen MR) is 151 cm³/mol. The maximum atomic E-state index is 12.8. The van der Waals surface area contributed by atoms with Crippen LogP contribution in [0.15, 0.2) is 109 Å². The van der Waals surface area contributed by atoms with Crippen LogP contribution in [0.3, 0.4) is 0 Å². The van der Waals surface area contributed by atoms with Crippen LogP contribution in [0.1, 0.15) is 44.1 Å². The summed E-state index contributed by atoms with van der Waals surface area (Å²) in [6, 6.07) is 35.3. The quantitative estimate of drug-likeness (QED) is 0.279. The van der Waals surface area contributed by atoms with Crippen LogP contribution >= 0.6 is 0 Å². The summed E-state index contributed by atoms with van der Waals surface area (Å²) in [5.41, 5.74) is 6.19. The van der Waals surface area contributed by atoms with E-state index in [2.05, 4.69) is 66.9 Å². The van der Waals surface area contributed by atoms with E-state index in [1.54, 1.807) is 24.3 Å². The number of hydrogen-bond donors (Lipinski definition) is 2. The molecule has 0 saturated carbocycles. The van der Waals surface area contributed by atoms with E-state index in [0.717, 1.165) is 16.7 Å². The molecular weight excluding hydrogens is 472 g/mol. The first kappa shape index (κ1) is 27.0. The van der Waals surface area contributed by atoms with Crippen molar-refractivity contribution in [3.63, 3.8) is 0 Å². The van der Waals surface area contributed by atoms with E-state index >= 15 is 0 Å². The Kier molecular flexibility index (Phi) is 9.57. The van der Waals surface area contributed by atoms with Gasteiger partial charge >= 0.3 is 0 Å². The lowest BCUT2D eigenvalue weighted by Crippen LogP contribution is -2.45. The average Bonchev–Trinajstić information content (AvgIpc) is 2.93. The van der Waals surface area contributed by atoms with Gasteiger partial charge in [0.25, 0.3) is 5.91 Å². The Morgan fingerprint density at radius 1 is 0.737 bits per heavy atom. The van der Waals surface area contributed by atoms with E-state index in [-0.39, 0.29) is 18.5 Å². The third-order valence-corrected chi connectivity index (χ3v) is 6.38. The molecule has 4 aromatic rings. The SMILES string of the molecule is Cc1cc(C)cc(COCC(NCC(=O)NC(=O)c2ccccc2)C(c2ccccc2)c2ccccc2)c1. The third-order valence-electron chi connectivity index (χ3n) is 6.38.